The van der Waals surface area contributed by atoms with Gasteiger partial charge in [0.2, 0.25) is 0 Å². The summed E-state index contributed by atoms with van der Waals surface area (Å²) in [5.74, 6) is -0.0685. The first-order valence-electron chi connectivity index (χ1n) is 6.66. The zero-order valence-electron chi connectivity index (χ0n) is 11.0. The largest absolute Gasteiger partial charge is 0.478 e. The van der Waals surface area contributed by atoms with Crippen LogP contribution in [0, 0.1) is 11.8 Å². The number of furan rings is 1. The molecule has 0 spiro atoms. The van der Waals surface area contributed by atoms with Gasteiger partial charge in [0.25, 0.3) is 5.91 Å². The molecule has 1 heterocycles. The maximum Gasteiger partial charge on any atom is 0.338 e. The quantitative estimate of drug-likeness (QED) is 0.876. The number of hydrogen-bond donors (Lipinski definition) is 2. The molecule has 0 bridgehead atoms. The number of nitrogens with one attached hydrogen (secondary N) is 1. The van der Waals surface area contributed by atoms with E-state index in [2.05, 4.69) is 12.2 Å². The summed E-state index contributed by atoms with van der Waals surface area (Å²) in [4.78, 5) is 22.5. The van der Waals surface area contributed by atoms with E-state index in [1.54, 1.807) is 0 Å². The molecule has 0 saturated heterocycles. The number of carboxylic acid groups (broad SMARTS) is 1. The monoisotopic (exact) mass is 265 g/mol. The molecule has 104 valence electrons. The van der Waals surface area contributed by atoms with Gasteiger partial charge >= 0.3 is 5.97 Å². The third-order valence-electron chi connectivity index (χ3n) is 3.76. The first kappa shape index (κ1) is 13.6. The lowest BCUT2D eigenvalue weighted by Gasteiger charge is -2.26. The highest BCUT2D eigenvalue weighted by atomic mass is 16.4. The van der Waals surface area contributed by atoms with E-state index >= 15 is 0 Å². The molecule has 5 heteroatoms. The molecule has 0 aliphatic heterocycles. The summed E-state index contributed by atoms with van der Waals surface area (Å²) >= 11 is 0. The maximum atomic E-state index is 11.8. The number of aromatic carboxylic acids is 1. The summed E-state index contributed by atoms with van der Waals surface area (Å²) in [5.41, 5.74) is -0.00311. The molecule has 1 aliphatic rings. The van der Waals surface area contributed by atoms with Crippen molar-refractivity contribution in [2.45, 2.75) is 32.6 Å². The molecule has 0 aromatic carbocycles. The van der Waals surface area contributed by atoms with E-state index in [1.807, 2.05) is 0 Å². The third kappa shape index (κ3) is 3.59. The minimum absolute atomic E-state index is 0.00311. The van der Waals surface area contributed by atoms with Gasteiger partial charge < -0.3 is 14.8 Å². The number of amides is 1. The molecule has 0 atom stereocenters. The molecule has 1 amide bonds. The summed E-state index contributed by atoms with van der Waals surface area (Å²) in [5, 5.41) is 11.6. The standard InChI is InChI=1S/C14H19NO4/c1-9-2-4-10(5-3-9)7-15-13(16)12-6-11(8-19-12)14(17)18/h6,8-10H,2-5,7H2,1H3,(H,15,16)(H,17,18). The maximum absolute atomic E-state index is 11.8. The van der Waals surface area contributed by atoms with Crippen LogP contribution in [0.4, 0.5) is 0 Å². The van der Waals surface area contributed by atoms with Crippen molar-refractivity contribution in [3.63, 3.8) is 0 Å². The number of carboxylic acids is 1. The second-order valence-electron chi connectivity index (χ2n) is 5.34. The van der Waals surface area contributed by atoms with Crippen molar-refractivity contribution < 1.29 is 19.1 Å². The van der Waals surface area contributed by atoms with Crippen molar-refractivity contribution in [3.05, 3.63) is 23.7 Å². The topological polar surface area (TPSA) is 79.5 Å². The van der Waals surface area contributed by atoms with E-state index in [-0.39, 0.29) is 17.2 Å². The zero-order valence-corrected chi connectivity index (χ0v) is 11.0. The minimum atomic E-state index is -1.09. The molecule has 0 radical (unpaired) electrons. The lowest BCUT2D eigenvalue weighted by Crippen LogP contribution is -2.30. The molecule has 2 rings (SSSR count). The van der Waals surface area contributed by atoms with Crippen molar-refractivity contribution in [1.29, 1.82) is 0 Å². The highest BCUT2D eigenvalue weighted by Crippen LogP contribution is 2.27. The predicted molar refractivity (Wildman–Crippen MR) is 69.1 cm³/mol. The first-order chi connectivity index (χ1) is 9.06. The molecule has 19 heavy (non-hydrogen) atoms. The first-order valence-corrected chi connectivity index (χ1v) is 6.66. The van der Waals surface area contributed by atoms with Gasteiger partial charge in [-0.15, -0.1) is 0 Å². The van der Waals surface area contributed by atoms with Gasteiger partial charge in [0.15, 0.2) is 5.76 Å². The van der Waals surface area contributed by atoms with E-state index in [0.29, 0.717) is 12.5 Å². The molecule has 1 aromatic rings. The second-order valence-corrected chi connectivity index (χ2v) is 5.34. The molecule has 0 unspecified atom stereocenters. The van der Waals surface area contributed by atoms with Crippen LogP contribution in [0.5, 0.6) is 0 Å². The average molecular weight is 265 g/mol. The second kappa shape index (κ2) is 5.91. The van der Waals surface area contributed by atoms with Gasteiger partial charge in [-0.1, -0.05) is 19.8 Å². The summed E-state index contributed by atoms with van der Waals surface area (Å²) in [6, 6.07) is 1.25. The summed E-state index contributed by atoms with van der Waals surface area (Å²) in [6.45, 7) is 2.89. The van der Waals surface area contributed by atoms with Gasteiger partial charge in [-0.25, -0.2) is 4.79 Å². The molecular weight excluding hydrogens is 246 g/mol. The van der Waals surface area contributed by atoms with Crippen LogP contribution in [-0.4, -0.2) is 23.5 Å². The van der Waals surface area contributed by atoms with Crippen molar-refractivity contribution in [2.75, 3.05) is 6.54 Å². The Kier molecular flexibility index (Phi) is 4.24. The third-order valence-corrected chi connectivity index (χ3v) is 3.76. The van der Waals surface area contributed by atoms with Crippen molar-refractivity contribution in [3.8, 4) is 0 Å². The molecule has 2 N–H and O–H groups in total. The number of carbonyl (C=O) groups is 2. The summed E-state index contributed by atoms with van der Waals surface area (Å²) in [6.07, 6.45) is 5.79. The number of carbonyl (C=O) groups excluding carboxylic acids is 1. The lowest BCUT2D eigenvalue weighted by molar-refractivity contribution is 0.0696. The van der Waals surface area contributed by atoms with E-state index in [9.17, 15) is 9.59 Å². The highest BCUT2D eigenvalue weighted by molar-refractivity contribution is 5.95. The van der Waals surface area contributed by atoms with Crippen LogP contribution in [0.25, 0.3) is 0 Å². The predicted octanol–water partition coefficient (Wildman–Crippen LogP) is 2.53. The van der Waals surface area contributed by atoms with Crippen LogP contribution >= 0.6 is 0 Å². The van der Waals surface area contributed by atoms with Crippen LogP contribution in [0.2, 0.25) is 0 Å². The van der Waals surface area contributed by atoms with Crippen molar-refractivity contribution >= 4 is 11.9 Å². The average Bonchev–Trinajstić information content (AvgIpc) is 2.87. The van der Waals surface area contributed by atoms with Gasteiger partial charge in [0, 0.05) is 12.6 Å². The summed E-state index contributed by atoms with van der Waals surface area (Å²) < 4.78 is 4.95. The van der Waals surface area contributed by atoms with E-state index in [1.165, 1.54) is 18.9 Å². The van der Waals surface area contributed by atoms with Gasteiger partial charge in [-0.05, 0) is 24.7 Å². The molecule has 5 nitrogen and oxygen atoms in total. The van der Waals surface area contributed by atoms with E-state index in [0.717, 1.165) is 25.0 Å². The van der Waals surface area contributed by atoms with Gasteiger partial charge in [-0.2, -0.15) is 0 Å². The van der Waals surface area contributed by atoms with Crippen LogP contribution in [0.15, 0.2) is 16.7 Å². The molecular formula is C14H19NO4. The van der Waals surface area contributed by atoms with Crippen LogP contribution in [-0.2, 0) is 0 Å². The van der Waals surface area contributed by atoms with Crippen molar-refractivity contribution in [1.82, 2.24) is 5.32 Å². The SMILES string of the molecule is CC1CCC(CNC(=O)c2cc(C(=O)O)co2)CC1. The van der Waals surface area contributed by atoms with Crippen LogP contribution < -0.4 is 5.32 Å². The normalized spacial score (nSPS) is 23.0. The van der Waals surface area contributed by atoms with Gasteiger partial charge in [0.1, 0.15) is 6.26 Å². The Bertz CT molecular complexity index is 458. The Morgan fingerprint density at radius 3 is 2.63 bits per heavy atom. The fourth-order valence-corrected chi connectivity index (χ4v) is 2.42. The molecule has 1 saturated carbocycles. The lowest BCUT2D eigenvalue weighted by atomic mass is 9.83. The fraction of sp³-hybridized carbons (Fsp3) is 0.571. The number of hydrogen-bond acceptors (Lipinski definition) is 3. The molecule has 1 aromatic heterocycles. The Morgan fingerprint density at radius 1 is 1.37 bits per heavy atom. The molecule has 1 aliphatic carbocycles. The fourth-order valence-electron chi connectivity index (χ4n) is 2.42. The zero-order chi connectivity index (χ0) is 13.8. The van der Waals surface area contributed by atoms with Gasteiger partial charge in [-0.3, -0.25) is 4.79 Å². The van der Waals surface area contributed by atoms with E-state index in [4.69, 9.17) is 9.52 Å². The Hall–Kier alpha value is -1.78. The Morgan fingerprint density at radius 2 is 2.05 bits per heavy atom. The van der Waals surface area contributed by atoms with E-state index < -0.39 is 5.97 Å². The smallest absolute Gasteiger partial charge is 0.338 e. The summed E-state index contributed by atoms with van der Waals surface area (Å²) in [7, 11) is 0. The molecule has 1 fully saturated rings. The van der Waals surface area contributed by atoms with Crippen LogP contribution in [0.3, 0.4) is 0 Å². The van der Waals surface area contributed by atoms with Crippen LogP contribution in [0.1, 0.15) is 53.5 Å². The Balaban J connectivity index is 1.82. The Labute approximate surface area is 112 Å². The minimum Gasteiger partial charge on any atom is -0.478 e. The van der Waals surface area contributed by atoms with Gasteiger partial charge in [0.05, 0.1) is 5.56 Å². The van der Waals surface area contributed by atoms with Crippen molar-refractivity contribution in [2.24, 2.45) is 11.8 Å². The highest BCUT2D eigenvalue weighted by Gasteiger charge is 2.20. The number of rotatable bonds is 4.